The van der Waals surface area contributed by atoms with Gasteiger partial charge < -0.3 is 9.80 Å². The predicted molar refractivity (Wildman–Crippen MR) is 65.3 cm³/mol. The Balaban J connectivity index is 1.92. The summed E-state index contributed by atoms with van der Waals surface area (Å²) in [5.41, 5.74) is 0. The van der Waals surface area contributed by atoms with E-state index in [1.165, 1.54) is 0 Å². The van der Waals surface area contributed by atoms with Crippen LogP contribution in [-0.4, -0.2) is 47.8 Å². The Hall–Kier alpha value is -1.06. The van der Waals surface area contributed by atoms with Gasteiger partial charge >= 0.3 is 0 Å². The molecule has 4 heteroatoms. The molecule has 96 valence electrons. The molecule has 2 amide bonds. The monoisotopic (exact) mass is 238 g/mol. The second kappa shape index (κ2) is 5.07. The molecule has 2 aliphatic heterocycles. The van der Waals surface area contributed by atoms with Crippen LogP contribution in [0.2, 0.25) is 0 Å². The molecule has 0 aromatic heterocycles. The van der Waals surface area contributed by atoms with Crippen molar-refractivity contribution in [1.82, 2.24) is 9.80 Å². The van der Waals surface area contributed by atoms with Crippen molar-refractivity contribution in [1.29, 1.82) is 0 Å². The first-order valence-corrected chi connectivity index (χ1v) is 6.67. The summed E-state index contributed by atoms with van der Waals surface area (Å²) in [5, 5.41) is 0. The van der Waals surface area contributed by atoms with Gasteiger partial charge in [-0.15, -0.1) is 0 Å². The van der Waals surface area contributed by atoms with Crippen LogP contribution in [0.3, 0.4) is 0 Å². The van der Waals surface area contributed by atoms with Crippen LogP contribution < -0.4 is 0 Å². The quantitative estimate of drug-likeness (QED) is 0.723. The van der Waals surface area contributed by atoms with Gasteiger partial charge in [-0.05, 0) is 19.3 Å². The molecule has 0 saturated carbocycles. The molecule has 2 aliphatic rings. The maximum absolute atomic E-state index is 12.1. The van der Waals surface area contributed by atoms with Crippen LogP contribution in [-0.2, 0) is 9.59 Å². The van der Waals surface area contributed by atoms with Gasteiger partial charge in [0, 0.05) is 32.1 Å². The summed E-state index contributed by atoms with van der Waals surface area (Å²) in [5.74, 6) is 0.531. The van der Waals surface area contributed by atoms with Gasteiger partial charge in [-0.1, -0.05) is 13.8 Å². The topological polar surface area (TPSA) is 40.6 Å². The third-order valence-corrected chi connectivity index (χ3v) is 3.74. The molecule has 2 rings (SSSR count). The second-order valence-corrected chi connectivity index (χ2v) is 5.46. The van der Waals surface area contributed by atoms with Crippen molar-refractivity contribution in [2.75, 3.05) is 26.2 Å². The van der Waals surface area contributed by atoms with Crippen LogP contribution in [0.25, 0.3) is 0 Å². The van der Waals surface area contributed by atoms with E-state index in [0.717, 1.165) is 38.9 Å². The van der Waals surface area contributed by atoms with Gasteiger partial charge in [-0.25, -0.2) is 0 Å². The number of carbonyl (C=O) groups is 2. The smallest absolute Gasteiger partial charge is 0.227 e. The Labute approximate surface area is 103 Å². The summed E-state index contributed by atoms with van der Waals surface area (Å²) in [4.78, 5) is 27.8. The minimum absolute atomic E-state index is 0.0351. The summed E-state index contributed by atoms with van der Waals surface area (Å²) < 4.78 is 0. The van der Waals surface area contributed by atoms with Gasteiger partial charge in [0.2, 0.25) is 11.8 Å². The van der Waals surface area contributed by atoms with Crippen LogP contribution in [0, 0.1) is 11.8 Å². The Morgan fingerprint density at radius 2 is 1.71 bits per heavy atom. The van der Waals surface area contributed by atoms with Gasteiger partial charge in [-0.3, -0.25) is 9.59 Å². The standard InChI is InChI=1S/C13H22N2O2/c1-10(2)12(16)15-6-3-5-11(9-15)13(17)14-7-4-8-14/h10-11H,3-9H2,1-2H3/t11-/m1/s1. The van der Waals surface area contributed by atoms with Gasteiger partial charge in [0.1, 0.15) is 0 Å². The van der Waals surface area contributed by atoms with Crippen LogP contribution >= 0.6 is 0 Å². The lowest BCUT2D eigenvalue weighted by Crippen LogP contribution is -2.51. The summed E-state index contributed by atoms with van der Waals surface area (Å²) in [6.45, 7) is 7.11. The first-order valence-electron chi connectivity index (χ1n) is 6.67. The number of hydrogen-bond acceptors (Lipinski definition) is 2. The SMILES string of the molecule is CC(C)C(=O)N1CCC[C@@H](C(=O)N2CCC2)C1. The summed E-state index contributed by atoms with van der Waals surface area (Å²) in [6.07, 6.45) is 3.03. The van der Waals surface area contributed by atoms with Crippen molar-refractivity contribution in [3.05, 3.63) is 0 Å². The molecule has 0 unspecified atom stereocenters. The normalized spacial score (nSPS) is 24.8. The zero-order chi connectivity index (χ0) is 12.4. The molecule has 2 heterocycles. The average molecular weight is 238 g/mol. The van der Waals surface area contributed by atoms with Gasteiger partial charge in [0.05, 0.1) is 5.92 Å². The fourth-order valence-electron chi connectivity index (χ4n) is 2.54. The number of piperidine rings is 1. The highest BCUT2D eigenvalue weighted by Gasteiger charge is 2.33. The number of likely N-dealkylation sites (tertiary alicyclic amines) is 2. The predicted octanol–water partition coefficient (Wildman–Crippen LogP) is 1.11. The maximum atomic E-state index is 12.1. The third-order valence-electron chi connectivity index (χ3n) is 3.74. The van der Waals surface area contributed by atoms with Crippen LogP contribution in [0.15, 0.2) is 0 Å². The highest BCUT2D eigenvalue weighted by Crippen LogP contribution is 2.22. The molecule has 0 aromatic rings. The first-order chi connectivity index (χ1) is 8.09. The van der Waals surface area contributed by atoms with E-state index in [9.17, 15) is 9.59 Å². The Kier molecular flexibility index (Phi) is 3.69. The van der Waals surface area contributed by atoms with Crippen molar-refractivity contribution in [3.8, 4) is 0 Å². The number of amides is 2. The lowest BCUT2D eigenvalue weighted by Gasteiger charge is -2.38. The van der Waals surface area contributed by atoms with Crippen LogP contribution in [0.4, 0.5) is 0 Å². The van der Waals surface area contributed by atoms with Crippen LogP contribution in [0.1, 0.15) is 33.1 Å². The van der Waals surface area contributed by atoms with E-state index in [4.69, 9.17) is 0 Å². The molecule has 2 fully saturated rings. The molecule has 0 aromatic carbocycles. The Morgan fingerprint density at radius 3 is 2.24 bits per heavy atom. The molecule has 2 saturated heterocycles. The van der Waals surface area contributed by atoms with Gasteiger partial charge in [0.15, 0.2) is 0 Å². The molecule has 1 atom stereocenters. The van der Waals surface area contributed by atoms with Crippen molar-refractivity contribution < 1.29 is 9.59 Å². The number of nitrogens with zero attached hydrogens (tertiary/aromatic N) is 2. The van der Waals surface area contributed by atoms with Crippen molar-refractivity contribution >= 4 is 11.8 Å². The number of carbonyl (C=O) groups excluding carboxylic acids is 2. The Bertz CT molecular complexity index is 311. The van der Waals surface area contributed by atoms with E-state index in [2.05, 4.69) is 0 Å². The van der Waals surface area contributed by atoms with Crippen LogP contribution in [0.5, 0.6) is 0 Å². The van der Waals surface area contributed by atoms with Gasteiger partial charge in [-0.2, -0.15) is 0 Å². The van der Waals surface area contributed by atoms with E-state index < -0.39 is 0 Å². The zero-order valence-electron chi connectivity index (χ0n) is 10.8. The number of hydrogen-bond donors (Lipinski definition) is 0. The summed E-state index contributed by atoms with van der Waals surface area (Å²) in [7, 11) is 0. The summed E-state index contributed by atoms with van der Waals surface area (Å²) >= 11 is 0. The van der Waals surface area contributed by atoms with Crippen molar-refractivity contribution in [3.63, 3.8) is 0 Å². The fourth-order valence-corrected chi connectivity index (χ4v) is 2.54. The summed E-state index contributed by atoms with van der Waals surface area (Å²) in [6, 6.07) is 0. The lowest BCUT2D eigenvalue weighted by molar-refractivity contribution is -0.144. The molecular formula is C13H22N2O2. The molecular weight excluding hydrogens is 216 g/mol. The molecule has 0 N–H and O–H groups in total. The van der Waals surface area contributed by atoms with E-state index in [0.29, 0.717) is 6.54 Å². The third kappa shape index (κ3) is 2.61. The van der Waals surface area contributed by atoms with Crippen molar-refractivity contribution in [2.45, 2.75) is 33.1 Å². The first kappa shape index (κ1) is 12.4. The van der Waals surface area contributed by atoms with Crippen molar-refractivity contribution in [2.24, 2.45) is 11.8 Å². The highest BCUT2D eigenvalue weighted by molar-refractivity contribution is 5.82. The lowest BCUT2D eigenvalue weighted by atomic mass is 9.94. The molecule has 4 nitrogen and oxygen atoms in total. The maximum Gasteiger partial charge on any atom is 0.227 e. The van der Waals surface area contributed by atoms with E-state index in [-0.39, 0.29) is 23.7 Å². The van der Waals surface area contributed by atoms with Gasteiger partial charge in [0.25, 0.3) is 0 Å². The Morgan fingerprint density at radius 1 is 1.06 bits per heavy atom. The number of rotatable bonds is 2. The molecule has 0 bridgehead atoms. The highest BCUT2D eigenvalue weighted by atomic mass is 16.2. The largest absolute Gasteiger partial charge is 0.342 e. The van der Waals surface area contributed by atoms with E-state index >= 15 is 0 Å². The average Bonchev–Trinajstić information content (AvgIpc) is 2.25. The molecule has 0 spiro atoms. The van der Waals surface area contributed by atoms with E-state index in [1.54, 1.807) is 0 Å². The molecule has 0 aliphatic carbocycles. The minimum Gasteiger partial charge on any atom is -0.342 e. The minimum atomic E-state index is 0.0351. The molecule has 0 radical (unpaired) electrons. The second-order valence-electron chi connectivity index (χ2n) is 5.46. The fraction of sp³-hybridized carbons (Fsp3) is 0.846. The molecule has 17 heavy (non-hydrogen) atoms. The van der Waals surface area contributed by atoms with E-state index in [1.807, 2.05) is 23.6 Å². The zero-order valence-corrected chi connectivity index (χ0v) is 10.8.